The van der Waals surface area contributed by atoms with Gasteiger partial charge in [-0.1, -0.05) is 42.8 Å². The predicted molar refractivity (Wildman–Crippen MR) is 112 cm³/mol. The molecule has 0 atom stereocenters. The van der Waals surface area contributed by atoms with Crippen LogP contribution in [0.15, 0.2) is 48.5 Å². The van der Waals surface area contributed by atoms with Crippen molar-refractivity contribution in [1.29, 1.82) is 0 Å². The second-order valence-corrected chi connectivity index (χ2v) is 7.37. The van der Waals surface area contributed by atoms with E-state index in [4.69, 9.17) is 10.2 Å². The fourth-order valence-electron chi connectivity index (χ4n) is 3.19. The van der Waals surface area contributed by atoms with Crippen molar-refractivity contribution >= 4 is 5.91 Å². The average Bonchev–Trinajstić information content (AvgIpc) is 2.78. The number of likely N-dealkylation sites (tertiary alicyclic amines) is 2. The van der Waals surface area contributed by atoms with Gasteiger partial charge in [0.2, 0.25) is 0 Å². The van der Waals surface area contributed by atoms with E-state index in [-0.39, 0.29) is 13.1 Å². The third kappa shape index (κ3) is 7.97. The number of nitrogens with zero attached hydrogens (tertiary/aromatic N) is 2. The lowest BCUT2D eigenvalue weighted by molar-refractivity contribution is 0.00552. The van der Waals surface area contributed by atoms with Crippen LogP contribution in [0.1, 0.15) is 29.6 Å². The summed E-state index contributed by atoms with van der Waals surface area (Å²) >= 11 is 0. The molecule has 0 aliphatic carbocycles. The number of hydrogen-bond acceptors (Lipinski definition) is 4. The second-order valence-electron chi connectivity index (χ2n) is 7.37. The van der Waals surface area contributed by atoms with Crippen molar-refractivity contribution in [3.05, 3.63) is 71.5 Å². The third-order valence-corrected chi connectivity index (χ3v) is 4.95. The molecule has 0 unspecified atom stereocenters. The highest BCUT2D eigenvalue weighted by atomic mass is 19.2. The molecule has 2 aliphatic heterocycles. The normalized spacial score (nSPS) is 16.4. The molecule has 0 radical (unpaired) electrons. The van der Waals surface area contributed by atoms with Gasteiger partial charge in [0.1, 0.15) is 0 Å². The Morgan fingerprint density at radius 2 is 1.45 bits per heavy atom. The van der Waals surface area contributed by atoms with Crippen LogP contribution in [0, 0.1) is 17.5 Å². The number of β-amino-alcohol motifs (C(OH)–C–C–N with tert-alkyl or cyclic N) is 2. The Morgan fingerprint density at radius 3 is 1.94 bits per heavy atom. The van der Waals surface area contributed by atoms with E-state index in [1.807, 2.05) is 36.4 Å². The second kappa shape index (κ2) is 13.1. The fraction of sp³-hybridized carbons (Fsp3) is 0.435. The van der Waals surface area contributed by atoms with Crippen molar-refractivity contribution in [1.82, 2.24) is 9.80 Å². The van der Waals surface area contributed by atoms with E-state index >= 15 is 0 Å². The molecule has 2 saturated heterocycles. The van der Waals surface area contributed by atoms with Crippen LogP contribution in [0.3, 0.4) is 0 Å². The highest BCUT2D eigenvalue weighted by Crippen LogP contribution is 2.19. The Bertz CT molecular complexity index is 767. The molecule has 2 aromatic carbocycles. The first kappa shape index (κ1) is 24.8. The molecule has 2 N–H and O–H groups in total. The van der Waals surface area contributed by atoms with Crippen LogP contribution in [-0.4, -0.2) is 71.4 Å². The van der Waals surface area contributed by atoms with Crippen LogP contribution in [-0.2, 0) is 0 Å². The summed E-state index contributed by atoms with van der Waals surface area (Å²) in [6.07, 6.45) is 3.39. The molecule has 2 aromatic rings. The van der Waals surface area contributed by atoms with Crippen molar-refractivity contribution in [2.75, 3.05) is 39.3 Å². The van der Waals surface area contributed by atoms with Gasteiger partial charge in [0.15, 0.2) is 17.5 Å². The summed E-state index contributed by atoms with van der Waals surface area (Å²) in [6, 6.07) is 13.6. The summed E-state index contributed by atoms with van der Waals surface area (Å²) < 4.78 is 38.7. The van der Waals surface area contributed by atoms with Gasteiger partial charge in [-0.05, 0) is 38.1 Å². The van der Waals surface area contributed by atoms with Gasteiger partial charge >= 0.3 is 0 Å². The molecule has 2 aliphatic rings. The molecule has 0 spiro atoms. The summed E-state index contributed by atoms with van der Waals surface area (Å²) in [4.78, 5) is 15.0. The number of aliphatic hydroxyl groups is 2. The molecule has 170 valence electrons. The van der Waals surface area contributed by atoms with E-state index in [0.717, 1.165) is 17.5 Å². The lowest BCUT2D eigenvalue weighted by atomic mass is 10.1. The minimum Gasteiger partial charge on any atom is -0.395 e. The number of amides is 1. The summed E-state index contributed by atoms with van der Waals surface area (Å²) in [5.41, 5.74) is -0.522. The Hall–Kier alpha value is -2.42. The minimum atomic E-state index is -1.66. The van der Waals surface area contributed by atoms with Gasteiger partial charge in [-0.15, -0.1) is 0 Å². The number of aliphatic hydroxyl groups excluding tert-OH is 2. The van der Waals surface area contributed by atoms with Gasteiger partial charge in [-0.25, -0.2) is 13.2 Å². The highest BCUT2D eigenvalue weighted by Gasteiger charge is 2.31. The number of benzene rings is 2. The van der Waals surface area contributed by atoms with Crippen LogP contribution < -0.4 is 0 Å². The first-order chi connectivity index (χ1) is 14.9. The predicted octanol–water partition coefficient (Wildman–Crippen LogP) is 3.07. The molecular formula is C23H29F3N2O3. The molecule has 2 fully saturated rings. The Balaban J connectivity index is 0.000000190. The molecule has 31 heavy (non-hydrogen) atoms. The molecule has 0 saturated carbocycles. The number of rotatable bonds is 3. The standard InChI is InChI=1S/C10H8F3NO2.C7H15NO.C6H6/c11-7-2-1-6(8(12)9(7)13)10(16)14-3-5(15)4-14;9-7-6-8-4-2-1-3-5-8;1-2-4-6-5-3-1/h1-2,5,15H,3-4H2;9H,1-7H2;1-6H. The number of carbonyl (C=O) groups is 1. The number of piperidine rings is 1. The van der Waals surface area contributed by atoms with Crippen molar-refractivity contribution in [3.63, 3.8) is 0 Å². The maximum absolute atomic E-state index is 13.2. The molecule has 0 aromatic heterocycles. The zero-order valence-corrected chi connectivity index (χ0v) is 17.4. The van der Waals surface area contributed by atoms with Gasteiger partial charge in [0.05, 0.1) is 18.3 Å². The molecule has 5 nitrogen and oxygen atoms in total. The topological polar surface area (TPSA) is 64.0 Å². The first-order valence-electron chi connectivity index (χ1n) is 10.4. The van der Waals surface area contributed by atoms with Crippen LogP contribution in [0.2, 0.25) is 0 Å². The molecule has 4 rings (SSSR count). The smallest absolute Gasteiger partial charge is 0.257 e. The van der Waals surface area contributed by atoms with E-state index in [9.17, 15) is 18.0 Å². The average molecular weight is 438 g/mol. The lowest BCUT2D eigenvalue weighted by Crippen LogP contribution is -2.53. The van der Waals surface area contributed by atoms with Crippen molar-refractivity contribution < 1.29 is 28.2 Å². The summed E-state index contributed by atoms with van der Waals surface area (Å²) in [5, 5.41) is 17.5. The maximum Gasteiger partial charge on any atom is 0.257 e. The molecule has 0 bridgehead atoms. The van der Waals surface area contributed by atoms with Gasteiger partial charge in [-0.2, -0.15) is 0 Å². The molecule has 1 amide bonds. The molecule has 8 heteroatoms. The highest BCUT2D eigenvalue weighted by molar-refractivity contribution is 5.95. The van der Waals surface area contributed by atoms with Gasteiger partial charge < -0.3 is 20.0 Å². The van der Waals surface area contributed by atoms with Crippen molar-refractivity contribution in [3.8, 4) is 0 Å². The Morgan fingerprint density at radius 1 is 0.903 bits per heavy atom. The van der Waals surface area contributed by atoms with E-state index in [2.05, 4.69) is 4.90 Å². The lowest BCUT2D eigenvalue weighted by Gasteiger charge is -2.35. The first-order valence-corrected chi connectivity index (χ1v) is 10.4. The van der Waals surface area contributed by atoms with E-state index in [1.54, 1.807) is 0 Å². The van der Waals surface area contributed by atoms with Gasteiger partial charge in [-0.3, -0.25) is 4.79 Å². The van der Waals surface area contributed by atoms with E-state index < -0.39 is 35.0 Å². The molecule has 2 heterocycles. The van der Waals surface area contributed by atoms with E-state index in [1.165, 1.54) is 32.4 Å². The maximum atomic E-state index is 13.2. The van der Waals surface area contributed by atoms with E-state index in [0.29, 0.717) is 12.7 Å². The Labute approximate surface area is 180 Å². The van der Waals surface area contributed by atoms with Crippen LogP contribution in [0.4, 0.5) is 13.2 Å². The van der Waals surface area contributed by atoms with Crippen LogP contribution in [0.5, 0.6) is 0 Å². The Kier molecular flexibility index (Phi) is 10.5. The van der Waals surface area contributed by atoms with Crippen molar-refractivity contribution in [2.45, 2.75) is 25.4 Å². The summed E-state index contributed by atoms with van der Waals surface area (Å²) in [5.74, 6) is -5.24. The monoisotopic (exact) mass is 438 g/mol. The largest absolute Gasteiger partial charge is 0.395 e. The zero-order valence-electron chi connectivity index (χ0n) is 17.4. The third-order valence-electron chi connectivity index (χ3n) is 4.95. The quantitative estimate of drug-likeness (QED) is 0.723. The zero-order chi connectivity index (χ0) is 22.6. The van der Waals surface area contributed by atoms with Gasteiger partial charge in [0.25, 0.3) is 5.91 Å². The SMILES string of the molecule is O=C(c1ccc(F)c(F)c1F)N1CC(O)C1.OCCN1CCCCC1.c1ccccc1. The summed E-state index contributed by atoms with van der Waals surface area (Å²) in [7, 11) is 0. The van der Waals surface area contributed by atoms with Gasteiger partial charge in [0, 0.05) is 19.6 Å². The van der Waals surface area contributed by atoms with Crippen LogP contribution >= 0.6 is 0 Å². The number of hydrogen-bond donors (Lipinski definition) is 2. The summed E-state index contributed by atoms with van der Waals surface area (Å²) in [6.45, 7) is 3.75. The van der Waals surface area contributed by atoms with Crippen molar-refractivity contribution in [2.24, 2.45) is 0 Å². The fourth-order valence-corrected chi connectivity index (χ4v) is 3.19. The minimum absolute atomic E-state index is 0.0806. The molecular weight excluding hydrogens is 409 g/mol. The van der Waals surface area contributed by atoms with Crippen LogP contribution in [0.25, 0.3) is 0 Å². The number of halogens is 3. The number of carbonyl (C=O) groups excluding carboxylic acids is 1.